The summed E-state index contributed by atoms with van der Waals surface area (Å²) in [6, 6.07) is 2.62. The van der Waals surface area contributed by atoms with Gasteiger partial charge in [0.25, 0.3) is 10.0 Å². The van der Waals surface area contributed by atoms with Crippen molar-refractivity contribution in [1.82, 2.24) is 15.0 Å². The molecule has 0 unspecified atom stereocenters. The number of nitrogens with two attached hydrogens (primary N) is 1. The molecule has 0 saturated carbocycles. The van der Waals surface area contributed by atoms with Crippen LogP contribution < -0.4 is 10.5 Å². The molecule has 0 spiro atoms. The summed E-state index contributed by atoms with van der Waals surface area (Å²) in [5.74, 6) is 0.290. The van der Waals surface area contributed by atoms with Crippen molar-refractivity contribution in [2.75, 3.05) is 10.5 Å². The monoisotopic (exact) mass is 239 g/mol. The third-order valence-electron chi connectivity index (χ3n) is 1.79. The summed E-state index contributed by atoms with van der Waals surface area (Å²) < 4.78 is 25.9. The zero-order chi connectivity index (χ0) is 11.6. The van der Waals surface area contributed by atoms with Gasteiger partial charge in [-0.25, -0.2) is 23.1 Å². The Morgan fingerprint density at radius 2 is 2.12 bits per heavy atom. The Balaban J connectivity index is 2.33. The van der Waals surface area contributed by atoms with Crippen molar-refractivity contribution in [3.05, 3.63) is 30.7 Å². The van der Waals surface area contributed by atoms with Gasteiger partial charge in [-0.1, -0.05) is 0 Å². The molecule has 0 aliphatic rings. The molecular formula is C8H9N5O2S. The van der Waals surface area contributed by atoms with Crippen molar-refractivity contribution in [2.24, 2.45) is 0 Å². The van der Waals surface area contributed by atoms with E-state index < -0.39 is 10.0 Å². The number of hydrogen-bond acceptors (Lipinski definition) is 5. The number of nitrogens with zero attached hydrogens (tertiary/aromatic N) is 2. The van der Waals surface area contributed by atoms with Gasteiger partial charge >= 0.3 is 0 Å². The van der Waals surface area contributed by atoms with E-state index in [1.165, 1.54) is 30.7 Å². The Labute approximate surface area is 91.8 Å². The predicted molar refractivity (Wildman–Crippen MR) is 58.0 cm³/mol. The highest BCUT2D eigenvalue weighted by Crippen LogP contribution is 2.13. The number of rotatable bonds is 3. The first-order valence-electron chi connectivity index (χ1n) is 4.32. The van der Waals surface area contributed by atoms with E-state index in [2.05, 4.69) is 19.7 Å². The van der Waals surface area contributed by atoms with Crippen molar-refractivity contribution in [1.29, 1.82) is 0 Å². The van der Waals surface area contributed by atoms with Crippen LogP contribution in [0.2, 0.25) is 0 Å². The number of aromatic amines is 1. The number of anilines is 2. The minimum Gasteiger partial charge on any atom is -0.384 e. The third-order valence-corrected chi connectivity index (χ3v) is 3.13. The first-order valence-corrected chi connectivity index (χ1v) is 5.80. The molecule has 2 heterocycles. The molecule has 0 atom stereocenters. The van der Waals surface area contributed by atoms with E-state index >= 15 is 0 Å². The number of sulfonamides is 1. The number of imidazole rings is 1. The first kappa shape index (κ1) is 10.4. The molecule has 0 aromatic carbocycles. The van der Waals surface area contributed by atoms with Crippen LogP contribution in [0.25, 0.3) is 0 Å². The van der Waals surface area contributed by atoms with E-state index in [9.17, 15) is 8.42 Å². The summed E-state index contributed by atoms with van der Waals surface area (Å²) in [4.78, 5) is 10.1. The molecule has 84 valence electrons. The van der Waals surface area contributed by atoms with Crippen LogP contribution in [0.4, 0.5) is 11.8 Å². The van der Waals surface area contributed by atoms with Gasteiger partial charge in [-0.05, 0) is 6.07 Å². The topological polar surface area (TPSA) is 114 Å². The summed E-state index contributed by atoms with van der Waals surface area (Å²) in [7, 11) is -3.67. The van der Waals surface area contributed by atoms with Gasteiger partial charge in [-0.2, -0.15) is 0 Å². The van der Waals surface area contributed by atoms with Crippen LogP contribution >= 0.6 is 0 Å². The van der Waals surface area contributed by atoms with Gasteiger partial charge in [0.05, 0.1) is 4.90 Å². The summed E-state index contributed by atoms with van der Waals surface area (Å²) in [6.07, 6.45) is 4.28. The smallest absolute Gasteiger partial charge is 0.264 e. The molecule has 0 amide bonds. The average Bonchev–Trinajstić information content (AvgIpc) is 2.70. The quantitative estimate of drug-likeness (QED) is 0.707. The fourth-order valence-electron chi connectivity index (χ4n) is 1.10. The van der Waals surface area contributed by atoms with E-state index in [0.717, 1.165) is 0 Å². The van der Waals surface area contributed by atoms with Crippen LogP contribution in [0.1, 0.15) is 0 Å². The lowest BCUT2D eigenvalue weighted by atomic mass is 10.5. The second-order valence-corrected chi connectivity index (χ2v) is 4.64. The molecule has 2 aromatic rings. The van der Waals surface area contributed by atoms with Crippen LogP contribution in [0.5, 0.6) is 0 Å². The zero-order valence-electron chi connectivity index (χ0n) is 8.08. The molecule has 0 radical (unpaired) electrons. The number of nitrogens with one attached hydrogen (secondary N) is 2. The maximum atomic E-state index is 11.8. The lowest BCUT2D eigenvalue weighted by Crippen LogP contribution is -2.14. The van der Waals surface area contributed by atoms with Crippen LogP contribution in [0.3, 0.4) is 0 Å². The molecule has 16 heavy (non-hydrogen) atoms. The number of pyridine rings is 1. The summed E-state index contributed by atoms with van der Waals surface area (Å²) in [6.45, 7) is 0. The third kappa shape index (κ3) is 2.11. The van der Waals surface area contributed by atoms with Crippen molar-refractivity contribution in [3.8, 4) is 0 Å². The lowest BCUT2D eigenvalue weighted by Gasteiger charge is -2.05. The minimum atomic E-state index is -3.67. The van der Waals surface area contributed by atoms with Gasteiger partial charge in [0, 0.05) is 24.7 Å². The summed E-state index contributed by atoms with van der Waals surface area (Å²) >= 11 is 0. The van der Waals surface area contributed by atoms with E-state index in [-0.39, 0.29) is 16.7 Å². The molecule has 4 N–H and O–H groups in total. The molecule has 0 fully saturated rings. The Bertz CT molecular complexity index is 578. The molecule has 0 aliphatic heterocycles. The van der Waals surface area contributed by atoms with E-state index in [4.69, 9.17) is 5.73 Å². The molecule has 0 bridgehead atoms. The largest absolute Gasteiger partial charge is 0.384 e. The van der Waals surface area contributed by atoms with Crippen LogP contribution in [0.15, 0.2) is 35.6 Å². The highest BCUT2D eigenvalue weighted by molar-refractivity contribution is 7.92. The van der Waals surface area contributed by atoms with Crippen molar-refractivity contribution < 1.29 is 8.42 Å². The number of aromatic nitrogens is 3. The number of H-pyrrole nitrogens is 1. The number of hydrogen-bond donors (Lipinski definition) is 3. The van der Waals surface area contributed by atoms with E-state index in [1.54, 1.807) is 0 Å². The Morgan fingerprint density at radius 3 is 2.75 bits per heavy atom. The van der Waals surface area contributed by atoms with Gasteiger partial charge in [0.1, 0.15) is 5.82 Å². The molecule has 2 aromatic heterocycles. The maximum absolute atomic E-state index is 11.8. The second-order valence-electron chi connectivity index (χ2n) is 2.96. The Morgan fingerprint density at radius 1 is 1.31 bits per heavy atom. The fraction of sp³-hybridized carbons (Fsp3) is 0. The van der Waals surface area contributed by atoms with Crippen molar-refractivity contribution in [2.45, 2.75) is 4.90 Å². The SMILES string of the molecule is Nc1cc(S(=O)(=O)Nc2ncc[nH]2)ccn1. The van der Waals surface area contributed by atoms with Gasteiger partial charge < -0.3 is 10.7 Å². The second kappa shape index (κ2) is 3.81. The first-order chi connectivity index (χ1) is 7.58. The highest BCUT2D eigenvalue weighted by Gasteiger charge is 2.15. The molecular weight excluding hydrogens is 230 g/mol. The molecule has 2 rings (SSSR count). The van der Waals surface area contributed by atoms with E-state index in [1.807, 2.05) is 0 Å². The van der Waals surface area contributed by atoms with Gasteiger partial charge in [-0.3, -0.25) is 0 Å². The van der Waals surface area contributed by atoms with Crippen molar-refractivity contribution in [3.63, 3.8) is 0 Å². The van der Waals surface area contributed by atoms with Crippen molar-refractivity contribution >= 4 is 21.8 Å². The molecule has 7 nitrogen and oxygen atoms in total. The zero-order valence-corrected chi connectivity index (χ0v) is 8.90. The van der Waals surface area contributed by atoms with Gasteiger partial charge in [0.15, 0.2) is 0 Å². The summed E-state index contributed by atoms with van der Waals surface area (Å²) in [5, 5.41) is 0. The molecule has 8 heteroatoms. The fourth-order valence-corrected chi connectivity index (χ4v) is 2.10. The lowest BCUT2D eigenvalue weighted by molar-refractivity contribution is 0.601. The maximum Gasteiger partial charge on any atom is 0.264 e. The normalized spacial score (nSPS) is 11.2. The molecule has 0 aliphatic carbocycles. The van der Waals surface area contributed by atoms with Crippen LogP contribution in [0, 0.1) is 0 Å². The highest BCUT2D eigenvalue weighted by atomic mass is 32.2. The van der Waals surface area contributed by atoms with Gasteiger partial charge in [0.2, 0.25) is 5.95 Å². The minimum absolute atomic E-state index is 0.0383. The standard InChI is InChI=1S/C8H9N5O2S/c9-7-5-6(1-2-10-7)16(14,15)13-8-11-3-4-12-8/h1-5H,(H2,9,10)(H2,11,12,13). The predicted octanol–water partition coefficient (Wildman–Crippen LogP) is 0.188. The van der Waals surface area contributed by atoms with Crippen LogP contribution in [-0.2, 0) is 10.0 Å². The molecule has 0 saturated heterocycles. The number of nitrogen functional groups attached to an aromatic ring is 1. The van der Waals surface area contributed by atoms with Crippen LogP contribution in [-0.4, -0.2) is 23.4 Å². The Kier molecular flexibility index (Phi) is 2.49. The van der Waals surface area contributed by atoms with E-state index in [0.29, 0.717) is 0 Å². The Hall–Kier alpha value is -2.09. The van der Waals surface area contributed by atoms with Gasteiger partial charge in [-0.15, -0.1) is 0 Å². The average molecular weight is 239 g/mol. The summed E-state index contributed by atoms with van der Waals surface area (Å²) in [5.41, 5.74) is 5.40.